The first-order chi connectivity index (χ1) is 15.9. The van der Waals surface area contributed by atoms with Gasteiger partial charge in [-0.15, -0.1) is 0 Å². The van der Waals surface area contributed by atoms with Gasteiger partial charge in [0.1, 0.15) is 5.60 Å². The predicted octanol–water partition coefficient (Wildman–Crippen LogP) is 5.72. The molecule has 2 aromatic carbocycles. The summed E-state index contributed by atoms with van der Waals surface area (Å²) in [5, 5.41) is 0.477. The van der Waals surface area contributed by atoms with Crippen LogP contribution in [0.5, 0.6) is 0 Å². The molecule has 180 valence electrons. The van der Waals surface area contributed by atoms with Crippen molar-refractivity contribution in [2.24, 2.45) is 0 Å². The van der Waals surface area contributed by atoms with E-state index >= 15 is 0 Å². The first kappa shape index (κ1) is 25.8. The highest BCUT2D eigenvalue weighted by Crippen LogP contribution is 2.38. The molecule has 0 saturated carbocycles. The number of halogens is 2. The van der Waals surface area contributed by atoms with Crippen molar-refractivity contribution >= 4 is 62.1 Å². The standard InChI is InChI=1S/C24H23Cl2NO6S/c1-5-32-23(29)22-17(11-12-20(28)33-24(2,3)4)21-18(26)13-15(25)14-19(21)27(22)34(30,31)16-9-7-6-8-10-16/h6-14H,5H2,1-4H3/b12-11+. The van der Waals surface area contributed by atoms with Gasteiger partial charge in [-0.1, -0.05) is 41.4 Å². The summed E-state index contributed by atoms with van der Waals surface area (Å²) in [5.74, 6) is -1.59. The molecule has 0 radical (unpaired) electrons. The summed E-state index contributed by atoms with van der Waals surface area (Å²) in [7, 11) is -4.29. The minimum Gasteiger partial charge on any atom is -0.461 e. The summed E-state index contributed by atoms with van der Waals surface area (Å²) in [6.45, 7) is 6.71. The van der Waals surface area contributed by atoms with Gasteiger partial charge in [0.25, 0.3) is 10.0 Å². The Bertz CT molecular complexity index is 1390. The number of carbonyl (C=O) groups is 2. The Morgan fingerprint density at radius 1 is 1.09 bits per heavy atom. The van der Waals surface area contributed by atoms with Crippen LogP contribution < -0.4 is 0 Å². The fourth-order valence-corrected chi connectivity index (χ4v) is 5.44. The van der Waals surface area contributed by atoms with Gasteiger partial charge in [0.05, 0.1) is 22.0 Å². The summed E-state index contributed by atoms with van der Waals surface area (Å²) in [5.41, 5.74) is -0.917. The first-order valence-electron chi connectivity index (χ1n) is 10.3. The topological polar surface area (TPSA) is 91.7 Å². The quantitative estimate of drug-likeness (QED) is 0.303. The second-order valence-corrected chi connectivity index (χ2v) is 10.8. The van der Waals surface area contributed by atoms with Crippen LogP contribution in [-0.2, 0) is 24.3 Å². The van der Waals surface area contributed by atoms with Crippen LogP contribution in [-0.4, -0.2) is 36.5 Å². The van der Waals surface area contributed by atoms with Gasteiger partial charge in [-0.3, -0.25) is 0 Å². The molecule has 34 heavy (non-hydrogen) atoms. The highest BCUT2D eigenvalue weighted by atomic mass is 35.5. The molecule has 0 bridgehead atoms. The number of rotatable bonds is 6. The monoisotopic (exact) mass is 523 g/mol. The average Bonchev–Trinajstić information content (AvgIpc) is 3.07. The zero-order valence-electron chi connectivity index (χ0n) is 19.0. The number of hydrogen-bond acceptors (Lipinski definition) is 6. The number of hydrogen-bond donors (Lipinski definition) is 0. The number of aromatic nitrogens is 1. The largest absolute Gasteiger partial charge is 0.461 e. The van der Waals surface area contributed by atoms with E-state index in [1.54, 1.807) is 45.9 Å². The van der Waals surface area contributed by atoms with E-state index in [1.165, 1.54) is 30.3 Å². The molecule has 0 unspecified atom stereocenters. The van der Waals surface area contributed by atoms with Crippen LogP contribution in [0.3, 0.4) is 0 Å². The van der Waals surface area contributed by atoms with E-state index in [4.69, 9.17) is 32.7 Å². The molecule has 0 saturated heterocycles. The van der Waals surface area contributed by atoms with E-state index in [1.807, 2.05) is 0 Å². The van der Waals surface area contributed by atoms with Gasteiger partial charge in [0, 0.05) is 22.0 Å². The predicted molar refractivity (Wildman–Crippen MR) is 132 cm³/mol. The Morgan fingerprint density at radius 2 is 1.74 bits per heavy atom. The van der Waals surface area contributed by atoms with Crippen molar-refractivity contribution in [3.05, 3.63) is 69.8 Å². The second kappa shape index (κ2) is 9.82. The van der Waals surface area contributed by atoms with Gasteiger partial charge in [-0.25, -0.2) is 22.0 Å². The number of nitrogens with zero attached hydrogens (tertiary/aromatic N) is 1. The zero-order valence-corrected chi connectivity index (χ0v) is 21.3. The molecule has 0 aliphatic rings. The van der Waals surface area contributed by atoms with E-state index in [2.05, 4.69) is 0 Å². The van der Waals surface area contributed by atoms with Crippen LogP contribution in [0.1, 0.15) is 43.7 Å². The first-order valence-corrected chi connectivity index (χ1v) is 12.5. The molecule has 0 aliphatic heterocycles. The average molecular weight is 524 g/mol. The minimum atomic E-state index is -4.29. The Balaban J connectivity index is 2.41. The lowest BCUT2D eigenvalue weighted by molar-refractivity contribution is -0.148. The Morgan fingerprint density at radius 3 is 2.32 bits per heavy atom. The molecule has 0 N–H and O–H groups in total. The van der Waals surface area contributed by atoms with Crippen LogP contribution in [0.15, 0.2) is 53.4 Å². The fraction of sp³-hybridized carbons (Fsp3) is 0.250. The smallest absolute Gasteiger partial charge is 0.356 e. The van der Waals surface area contributed by atoms with E-state index in [9.17, 15) is 18.0 Å². The van der Waals surface area contributed by atoms with Crippen molar-refractivity contribution in [2.45, 2.75) is 38.2 Å². The number of fused-ring (bicyclic) bond motifs is 1. The van der Waals surface area contributed by atoms with Crippen molar-refractivity contribution in [3.63, 3.8) is 0 Å². The maximum Gasteiger partial charge on any atom is 0.356 e. The van der Waals surface area contributed by atoms with Crippen molar-refractivity contribution in [1.29, 1.82) is 0 Å². The maximum absolute atomic E-state index is 13.7. The Hall–Kier alpha value is -2.81. The third-order valence-corrected chi connectivity index (χ3v) is 6.77. The van der Waals surface area contributed by atoms with Gasteiger partial charge in [0.2, 0.25) is 0 Å². The van der Waals surface area contributed by atoms with Gasteiger partial charge in [0.15, 0.2) is 5.69 Å². The second-order valence-electron chi connectivity index (χ2n) is 8.21. The lowest BCUT2D eigenvalue weighted by Gasteiger charge is -2.17. The summed E-state index contributed by atoms with van der Waals surface area (Å²) in [6.07, 6.45) is 2.40. The van der Waals surface area contributed by atoms with Gasteiger partial charge < -0.3 is 9.47 Å². The molecule has 0 amide bonds. The fourth-order valence-electron chi connectivity index (χ4n) is 3.32. The van der Waals surface area contributed by atoms with E-state index < -0.39 is 27.6 Å². The molecule has 3 aromatic rings. The summed E-state index contributed by atoms with van der Waals surface area (Å²) >= 11 is 12.7. The highest BCUT2D eigenvalue weighted by Gasteiger charge is 2.32. The lowest BCUT2D eigenvalue weighted by Crippen LogP contribution is -2.22. The van der Waals surface area contributed by atoms with Gasteiger partial charge in [-0.2, -0.15) is 0 Å². The Kier molecular flexibility index (Phi) is 7.45. The SMILES string of the molecule is CCOC(=O)c1c(/C=C/C(=O)OC(C)(C)C)c2c(Cl)cc(Cl)cc2n1S(=O)(=O)c1ccccc1. The third-order valence-electron chi connectivity index (χ3n) is 4.52. The normalized spacial score (nSPS) is 12.3. The van der Waals surface area contributed by atoms with Crippen LogP contribution in [0.4, 0.5) is 0 Å². The summed E-state index contributed by atoms with van der Waals surface area (Å²) in [4.78, 5) is 25.3. The molecule has 0 aliphatic carbocycles. The molecule has 0 fully saturated rings. The van der Waals surface area contributed by atoms with Crippen molar-refractivity contribution in [2.75, 3.05) is 6.61 Å². The van der Waals surface area contributed by atoms with Crippen molar-refractivity contribution < 1.29 is 27.5 Å². The van der Waals surface area contributed by atoms with Crippen LogP contribution >= 0.6 is 23.2 Å². The lowest BCUT2D eigenvalue weighted by atomic mass is 10.1. The number of carbonyl (C=O) groups excluding carboxylic acids is 2. The maximum atomic E-state index is 13.7. The molecular formula is C24H23Cl2NO6S. The van der Waals surface area contributed by atoms with Gasteiger partial charge in [-0.05, 0) is 58.0 Å². The van der Waals surface area contributed by atoms with E-state index in [0.717, 1.165) is 10.0 Å². The van der Waals surface area contributed by atoms with Crippen LogP contribution in [0.25, 0.3) is 17.0 Å². The molecule has 0 spiro atoms. The number of esters is 2. The zero-order chi connectivity index (χ0) is 25.3. The van der Waals surface area contributed by atoms with Gasteiger partial charge >= 0.3 is 11.9 Å². The molecule has 1 aromatic heterocycles. The number of ether oxygens (including phenoxy) is 2. The van der Waals surface area contributed by atoms with Crippen LogP contribution in [0, 0.1) is 0 Å². The Labute approximate surface area is 207 Å². The third kappa shape index (κ3) is 5.29. The molecular weight excluding hydrogens is 501 g/mol. The van der Waals surface area contributed by atoms with Crippen molar-refractivity contribution in [1.82, 2.24) is 3.97 Å². The molecule has 0 atom stereocenters. The number of benzene rings is 2. The summed E-state index contributed by atoms with van der Waals surface area (Å²) in [6, 6.07) is 10.4. The molecule has 10 heteroatoms. The summed E-state index contributed by atoms with van der Waals surface area (Å²) < 4.78 is 38.7. The van der Waals surface area contributed by atoms with E-state index in [0.29, 0.717) is 0 Å². The van der Waals surface area contributed by atoms with Crippen LogP contribution in [0.2, 0.25) is 10.0 Å². The minimum absolute atomic E-state index is 0.00451. The molecule has 1 heterocycles. The molecule has 3 rings (SSSR count). The van der Waals surface area contributed by atoms with Crippen molar-refractivity contribution in [3.8, 4) is 0 Å². The highest BCUT2D eigenvalue weighted by molar-refractivity contribution is 7.90. The molecule has 7 nitrogen and oxygen atoms in total. The van der Waals surface area contributed by atoms with E-state index in [-0.39, 0.29) is 43.7 Å².